The van der Waals surface area contributed by atoms with Crippen LogP contribution in [0.25, 0.3) is 0 Å². The Balaban J connectivity index is 1.43. The predicted molar refractivity (Wildman–Crippen MR) is 149 cm³/mol. The fraction of sp³-hybridized carbons (Fsp3) is 0.200. The van der Waals surface area contributed by atoms with Gasteiger partial charge in [0.25, 0.3) is 11.8 Å². The van der Waals surface area contributed by atoms with Crippen LogP contribution in [0.5, 0.6) is 5.75 Å². The van der Waals surface area contributed by atoms with Crippen LogP contribution in [-0.4, -0.2) is 50.6 Å². The second-order valence-electron chi connectivity index (χ2n) is 9.49. The highest BCUT2D eigenvalue weighted by atomic mass is 35.5. The quantitative estimate of drug-likeness (QED) is 0.358. The van der Waals surface area contributed by atoms with E-state index in [1.54, 1.807) is 48.8 Å². The Kier molecular flexibility index (Phi) is 7.84. The summed E-state index contributed by atoms with van der Waals surface area (Å²) >= 11 is 6.53. The van der Waals surface area contributed by atoms with E-state index in [4.69, 9.17) is 16.3 Å². The van der Waals surface area contributed by atoms with E-state index in [0.29, 0.717) is 28.4 Å². The molecular weight excluding hydrogens is 530 g/mol. The largest absolute Gasteiger partial charge is 0.497 e. The summed E-state index contributed by atoms with van der Waals surface area (Å²) in [6.07, 6.45) is 5.17. The van der Waals surface area contributed by atoms with Crippen LogP contribution in [0.3, 0.4) is 0 Å². The van der Waals surface area contributed by atoms with Gasteiger partial charge < -0.3 is 15.0 Å². The summed E-state index contributed by atoms with van der Waals surface area (Å²) in [6.45, 7) is 1.97. The van der Waals surface area contributed by atoms with Crippen LogP contribution in [-0.2, 0) is 24.2 Å². The molecule has 40 heavy (non-hydrogen) atoms. The molecule has 1 atom stereocenters. The maximum atomic E-state index is 13.8. The van der Waals surface area contributed by atoms with Gasteiger partial charge in [-0.25, -0.2) is 4.98 Å². The molecule has 0 fully saturated rings. The first kappa shape index (κ1) is 27.0. The molecule has 3 aromatic heterocycles. The highest BCUT2D eigenvalue weighted by molar-refractivity contribution is 6.34. The van der Waals surface area contributed by atoms with E-state index < -0.39 is 11.9 Å². The van der Waals surface area contributed by atoms with Crippen LogP contribution in [0.4, 0.5) is 5.82 Å². The van der Waals surface area contributed by atoms with Gasteiger partial charge in [0.1, 0.15) is 17.3 Å². The lowest BCUT2D eigenvalue weighted by molar-refractivity contribution is -0.122. The Morgan fingerprint density at radius 3 is 2.67 bits per heavy atom. The second kappa shape index (κ2) is 11.6. The van der Waals surface area contributed by atoms with E-state index in [9.17, 15) is 14.4 Å². The Morgan fingerprint density at radius 2 is 1.93 bits per heavy atom. The van der Waals surface area contributed by atoms with Crippen molar-refractivity contribution in [1.29, 1.82) is 0 Å². The van der Waals surface area contributed by atoms with Crippen molar-refractivity contribution in [3.8, 4) is 5.75 Å². The van der Waals surface area contributed by atoms with Crippen LogP contribution in [0, 0.1) is 6.92 Å². The molecule has 0 aliphatic carbocycles. The first-order chi connectivity index (χ1) is 19.3. The van der Waals surface area contributed by atoms with Gasteiger partial charge in [-0.2, -0.15) is 0 Å². The number of hydrogen-bond acceptors (Lipinski definition) is 7. The number of carbonyl (C=O) groups excluding carboxylic acids is 3. The summed E-state index contributed by atoms with van der Waals surface area (Å²) in [4.78, 5) is 54.6. The summed E-state index contributed by atoms with van der Waals surface area (Å²) in [5.41, 5.74) is 3.34. The molecule has 1 aromatic carbocycles. The molecule has 1 unspecified atom stereocenters. The fourth-order valence-corrected chi connectivity index (χ4v) is 4.95. The van der Waals surface area contributed by atoms with Gasteiger partial charge in [0.2, 0.25) is 0 Å². The first-order valence-corrected chi connectivity index (χ1v) is 13.0. The number of Topliss-reactive ketones (excluding diaryl/α,β-unsaturated/α-hetero) is 1. The lowest BCUT2D eigenvalue weighted by Crippen LogP contribution is -2.45. The van der Waals surface area contributed by atoms with Crippen molar-refractivity contribution in [3.63, 3.8) is 0 Å². The number of halogens is 1. The molecule has 10 heteroatoms. The van der Waals surface area contributed by atoms with E-state index in [0.717, 1.165) is 5.56 Å². The van der Waals surface area contributed by atoms with E-state index >= 15 is 0 Å². The SMILES string of the molecule is COc1ccnc(NC(=O)c2ccc(CN3C(=O)c4ncc(C)cc4CC(=O)C3Cc3ccccn3)cc2Cl)c1. The van der Waals surface area contributed by atoms with Crippen molar-refractivity contribution < 1.29 is 19.1 Å². The third-order valence-corrected chi connectivity index (χ3v) is 6.96. The molecule has 0 saturated heterocycles. The predicted octanol–water partition coefficient (Wildman–Crippen LogP) is 4.47. The Morgan fingerprint density at radius 1 is 1.07 bits per heavy atom. The zero-order valence-electron chi connectivity index (χ0n) is 21.9. The number of pyridine rings is 3. The number of ketones is 1. The average molecular weight is 556 g/mol. The maximum absolute atomic E-state index is 13.8. The van der Waals surface area contributed by atoms with Crippen molar-refractivity contribution in [1.82, 2.24) is 19.9 Å². The van der Waals surface area contributed by atoms with Crippen LogP contribution in [0.1, 0.15) is 43.2 Å². The van der Waals surface area contributed by atoms with Gasteiger partial charge in [0, 0.05) is 49.7 Å². The van der Waals surface area contributed by atoms with E-state index in [-0.39, 0.29) is 47.4 Å². The Hall–Kier alpha value is -4.63. The van der Waals surface area contributed by atoms with Gasteiger partial charge in [-0.15, -0.1) is 0 Å². The minimum atomic E-state index is -0.752. The minimum absolute atomic E-state index is 0.0934. The average Bonchev–Trinajstić information content (AvgIpc) is 3.03. The number of aryl methyl sites for hydroxylation is 1. The maximum Gasteiger partial charge on any atom is 0.273 e. The Bertz CT molecular complexity index is 1590. The molecule has 0 saturated carbocycles. The number of amides is 2. The fourth-order valence-electron chi connectivity index (χ4n) is 4.66. The standard InChI is InChI=1S/C30H26ClN5O4/c1-18-11-20-13-26(37)25(14-21-5-3-4-9-32-21)36(30(39)28(20)34-16-18)17-19-6-7-23(24(31)12-19)29(38)35-27-15-22(40-2)8-10-33-27/h3-12,15-16,25H,13-14,17H2,1-2H3,(H,33,35,38). The first-order valence-electron chi connectivity index (χ1n) is 12.6. The number of nitrogens with zero attached hydrogens (tertiary/aromatic N) is 4. The number of carbonyl (C=O) groups is 3. The van der Waals surface area contributed by atoms with Gasteiger partial charge in [-0.1, -0.05) is 29.8 Å². The molecule has 1 N–H and O–H groups in total. The van der Waals surface area contributed by atoms with Gasteiger partial charge in [-0.05, 0) is 53.9 Å². The minimum Gasteiger partial charge on any atom is -0.497 e. The third kappa shape index (κ3) is 5.84. The summed E-state index contributed by atoms with van der Waals surface area (Å²) in [7, 11) is 1.52. The van der Waals surface area contributed by atoms with Crippen molar-refractivity contribution in [2.45, 2.75) is 32.4 Å². The molecule has 4 aromatic rings. The number of hydrogen-bond donors (Lipinski definition) is 1. The summed E-state index contributed by atoms with van der Waals surface area (Å²) in [5.74, 6) is -0.0199. The van der Waals surface area contributed by atoms with E-state index in [1.807, 2.05) is 25.1 Å². The normalized spacial score (nSPS) is 14.9. The lowest BCUT2D eigenvalue weighted by atomic mass is 9.99. The molecule has 0 radical (unpaired) electrons. The third-order valence-electron chi connectivity index (χ3n) is 6.65. The highest BCUT2D eigenvalue weighted by Gasteiger charge is 2.36. The molecule has 4 heterocycles. The second-order valence-corrected chi connectivity index (χ2v) is 9.89. The molecule has 0 spiro atoms. The molecule has 1 aliphatic heterocycles. The van der Waals surface area contributed by atoms with Crippen LogP contribution >= 0.6 is 11.6 Å². The van der Waals surface area contributed by atoms with Crippen molar-refractivity contribution in [2.24, 2.45) is 0 Å². The van der Waals surface area contributed by atoms with Gasteiger partial charge in [0.05, 0.1) is 23.7 Å². The number of nitrogens with one attached hydrogen (secondary N) is 1. The number of ether oxygens (including phenoxy) is 1. The number of methoxy groups -OCH3 is 1. The molecule has 0 bridgehead atoms. The highest BCUT2D eigenvalue weighted by Crippen LogP contribution is 2.26. The van der Waals surface area contributed by atoms with E-state index in [2.05, 4.69) is 20.3 Å². The van der Waals surface area contributed by atoms with Crippen molar-refractivity contribution >= 4 is 35.0 Å². The van der Waals surface area contributed by atoms with Gasteiger partial charge >= 0.3 is 0 Å². The van der Waals surface area contributed by atoms with Crippen LogP contribution in [0.2, 0.25) is 5.02 Å². The zero-order chi connectivity index (χ0) is 28.2. The van der Waals surface area contributed by atoms with Crippen LogP contribution in [0.15, 0.2) is 73.2 Å². The molecule has 202 valence electrons. The smallest absolute Gasteiger partial charge is 0.273 e. The molecule has 1 aliphatic rings. The number of fused-ring (bicyclic) bond motifs is 1. The van der Waals surface area contributed by atoms with Crippen LogP contribution < -0.4 is 10.1 Å². The van der Waals surface area contributed by atoms with Gasteiger partial charge in [-0.3, -0.25) is 24.4 Å². The molecule has 5 rings (SSSR count). The zero-order valence-corrected chi connectivity index (χ0v) is 22.7. The topological polar surface area (TPSA) is 114 Å². The lowest BCUT2D eigenvalue weighted by Gasteiger charge is -2.29. The molecule has 2 amide bonds. The number of rotatable bonds is 7. The summed E-state index contributed by atoms with van der Waals surface area (Å²) < 4.78 is 5.17. The summed E-state index contributed by atoms with van der Waals surface area (Å²) in [5, 5.41) is 2.90. The van der Waals surface area contributed by atoms with E-state index in [1.165, 1.54) is 18.2 Å². The summed E-state index contributed by atoms with van der Waals surface area (Å²) in [6, 6.07) is 14.7. The van der Waals surface area contributed by atoms with Crippen molar-refractivity contribution in [2.75, 3.05) is 12.4 Å². The molecule has 9 nitrogen and oxygen atoms in total. The monoisotopic (exact) mass is 555 g/mol. The molecular formula is C30H26ClN5O4. The Labute approximate surface area is 236 Å². The van der Waals surface area contributed by atoms with Gasteiger partial charge in [0.15, 0.2) is 5.78 Å². The number of aromatic nitrogens is 3. The number of anilines is 1. The number of benzene rings is 1. The van der Waals surface area contributed by atoms with Crippen molar-refractivity contribution in [3.05, 3.63) is 112 Å².